The van der Waals surface area contributed by atoms with Crippen molar-refractivity contribution in [1.29, 1.82) is 0 Å². The number of carbonyl (C=O) groups is 2. The number of hydrogen-bond donors (Lipinski definition) is 2. The zero-order chi connectivity index (χ0) is 17.8. The lowest BCUT2D eigenvalue weighted by atomic mass is 10.1. The second-order valence-corrected chi connectivity index (χ2v) is 6.71. The Balaban J connectivity index is 1.60. The maximum absolute atomic E-state index is 12.5. The van der Waals surface area contributed by atoms with E-state index in [9.17, 15) is 14.7 Å². The summed E-state index contributed by atoms with van der Waals surface area (Å²) in [5.41, 5.74) is 6.23. The average Bonchev–Trinajstić information content (AvgIpc) is 3.10. The number of amides is 2. The molecule has 2 aromatic rings. The van der Waals surface area contributed by atoms with Gasteiger partial charge >= 0.3 is 0 Å². The lowest BCUT2D eigenvalue weighted by molar-refractivity contribution is 0.0531. The minimum atomic E-state index is -0.218. The SMILES string of the molecule is NCCc1nc(C(=O)N2CCN(C(=O)c3ccccc3O)CC2)cs1. The van der Waals surface area contributed by atoms with Gasteiger partial charge in [-0.05, 0) is 18.7 Å². The van der Waals surface area contributed by atoms with Crippen LogP contribution in [0.2, 0.25) is 0 Å². The number of para-hydroxylation sites is 1. The molecule has 1 aliphatic heterocycles. The van der Waals surface area contributed by atoms with Crippen LogP contribution in [0.5, 0.6) is 5.75 Å². The first-order chi connectivity index (χ1) is 12.1. The third kappa shape index (κ3) is 3.80. The minimum absolute atomic E-state index is 0.0269. The lowest BCUT2D eigenvalue weighted by Gasteiger charge is -2.34. The number of phenolic OH excluding ortho intramolecular Hbond substituents is 1. The fourth-order valence-corrected chi connectivity index (χ4v) is 3.53. The molecule has 2 heterocycles. The van der Waals surface area contributed by atoms with Crippen LogP contribution in [0.4, 0.5) is 0 Å². The first kappa shape index (κ1) is 17.4. The molecule has 0 aliphatic carbocycles. The number of thiazole rings is 1. The molecule has 0 bridgehead atoms. The van der Waals surface area contributed by atoms with Gasteiger partial charge in [0, 0.05) is 38.0 Å². The van der Waals surface area contributed by atoms with Crippen LogP contribution in [0, 0.1) is 0 Å². The molecular formula is C17H20N4O3S. The Kier molecular flexibility index (Phi) is 5.30. The van der Waals surface area contributed by atoms with Gasteiger partial charge in [-0.15, -0.1) is 11.3 Å². The van der Waals surface area contributed by atoms with Crippen molar-refractivity contribution < 1.29 is 14.7 Å². The normalized spacial score (nSPS) is 14.6. The molecule has 0 radical (unpaired) electrons. The molecule has 132 valence electrons. The first-order valence-corrected chi connectivity index (χ1v) is 8.99. The summed E-state index contributed by atoms with van der Waals surface area (Å²) < 4.78 is 0. The van der Waals surface area contributed by atoms with E-state index in [0.29, 0.717) is 44.8 Å². The fourth-order valence-electron chi connectivity index (χ4n) is 2.75. The number of aromatic nitrogens is 1. The summed E-state index contributed by atoms with van der Waals surface area (Å²) in [6, 6.07) is 6.49. The van der Waals surface area contributed by atoms with Crippen LogP contribution in [0.15, 0.2) is 29.6 Å². The van der Waals surface area contributed by atoms with E-state index >= 15 is 0 Å². The molecule has 1 aromatic carbocycles. The highest BCUT2D eigenvalue weighted by Crippen LogP contribution is 2.19. The van der Waals surface area contributed by atoms with Gasteiger partial charge in [0.05, 0.1) is 10.6 Å². The van der Waals surface area contributed by atoms with Gasteiger partial charge in [0.1, 0.15) is 11.4 Å². The number of aromatic hydroxyl groups is 1. The van der Waals surface area contributed by atoms with E-state index in [1.165, 1.54) is 17.4 Å². The van der Waals surface area contributed by atoms with Crippen LogP contribution in [0.1, 0.15) is 25.9 Å². The van der Waals surface area contributed by atoms with E-state index in [1.807, 2.05) is 0 Å². The monoisotopic (exact) mass is 360 g/mol. The van der Waals surface area contributed by atoms with Crippen LogP contribution in [0.25, 0.3) is 0 Å². The number of nitrogens with zero attached hydrogens (tertiary/aromatic N) is 3. The maximum Gasteiger partial charge on any atom is 0.273 e. The summed E-state index contributed by atoms with van der Waals surface area (Å²) >= 11 is 1.44. The van der Waals surface area contributed by atoms with Gasteiger partial charge in [-0.25, -0.2) is 4.98 Å². The van der Waals surface area contributed by atoms with Crippen LogP contribution in [-0.2, 0) is 6.42 Å². The number of hydrogen-bond acceptors (Lipinski definition) is 6. The molecule has 0 saturated carbocycles. The van der Waals surface area contributed by atoms with E-state index in [4.69, 9.17) is 5.73 Å². The second-order valence-electron chi connectivity index (χ2n) is 5.77. The fraction of sp³-hybridized carbons (Fsp3) is 0.353. The van der Waals surface area contributed by atoms with Gasteiger partial charge in [-0.3, -0.25) is 9.59 Å². The Morgan fingerprint density at radius 2 is 1.76 bits per heavy atom. The largest absolute Gasteiger partial charge is 0.507 e. The van der Waals surface area contributed by atoms with Crippen molar-refractivity contribution in [1.82, 2.24) is 14.8 Å². The average molecular weight is 360 g/mol. The Morgan fingerprint density at radius 1 is 1.12 bits per heavy atom. The Bertz CT molecular complexity index is 769. The molecule has 8 heteroatoms. The molecule has 2 amide bonds. The van der Waals surface area contributed by atoms with E-state index < -0.39 is 0 Å². The smallest absolute Gasteiger partial charge is 0.273 e. The van der Waals surface area contributed by atoms with Crippen molar-refractivity contribution in [2.24, 2.45) is 5.73 Å². The maximum atomic E-state index is 12.5. The number of rotatable bonds is 4. The highest BCUT2D eigenvalue weighted by molar-refractivity contribution is 7.09. The van der Waals surface area contributed by atoms with Crippen molar-refractivity contribution in [3.05, 3.63) is 45.9 Å². The molecule has 0 spiro atoms. The van der Waals surface area contributed by atoms with Gasteiger partial charge in [0.15, 0.2) is 0 Å². The zero-order valence-electron chi connectivity index (χ0n) is 13.7. The zero-order valence-corrected chi connectivity index (χ0v) is 14.5. The summed E-state index contributed by atoms with van der Waals surface area (Å²) in [6.45, 7) is 2.26. The van der Waals surface area contributed by atoms with E-state index in [0.717, 1.165) is 5.01 Å². The molecule has 3 N–H and O–H groups in total. The number of carbonyl (C=O) groups excluding carboxylic acids is 2. The molecule has 3 rings (SSSR count). The van der Waals surface area contributed by atoms with Gasteiger partial charge in [-0.1, -0.05) is 12.1 Å². The summed E-state index contributed by atoms with van der Waals surface area (Å²) in [6.07, 6.45) is 0.667. The van der Waals surface area contributed by atoms with Gasteiger partial charge in [0.2, 0.25) is 0 Å². The quantitative estimate of drug-likeness (QED) is 0.846. The summed E-state index contributed by atoms with van der Waals surface area (Å²) in [5, 5.41) is 12.4. The molecule has 1 saturated heterocycles. The molecule has 1 fully saturated rings. The summed E-state index contributed by atoms with van der Waals surface area (Å²) in [4.78, 5) is 32.7. The topological polar surface area (TPSA) is 99.8 Å². The molecule has 25 heavy (non-hydrogen) atoms. The molecule has 1 aliphatic rings. The number of benzene rings is 1. The molecule has 0 unspecified atom stereocenters. The van der Waals surface area contributed by atoms with Gasteiger partial charge < -0.3 is 20.6 Å². The Morgan fingerprint density at radius 3 is 2.40 bits per heavy atom. The lowest BCUT2D eigenvalue weighted by Crippen LogP contribution is -2.50. The predicted octanol–water partition coefficient (Wildman–Crippen LogP) is 0.948. The van der Waals surface area contributed by atoms with E-state index in [2.05, 4.69) is 4.98 Å². The van der Waals surface area contributed by atoms with Crippen molar-refractivity contribution in [2.75, 3.05) is 32.7 Å². The van der Waals surface area contributed by atoms with Crippen LogP contribution < -0.4 is 5.73 Å². The number of piperazine rings is 1. The van der Waals surface area contributed by atoms with Crippen LogP contribution in [-0.4, -0.2) is 64.4 Å². The highest BCUT2D eigenvalue weighted by atomic mass is 32.1. The Hall–Kier alpha value is -2.45. The van der Waals surface area contributed by atoms with Crippen molar-refractivity contribution in [3.63, 3.8) is 0 Å². The van der Waals surface area contributed by atoms with E-state index in [1.54, 1.807) is 33.4 Å². The van der Waals surface area contributed by atoms with Crippen molar-refractivity contribution in [2.45, 2.75) is 6.42 Å². The summed E-state index contributed by atoms with van der Waals surface area (Å²) in [7, 11) is 0. The van der Waals surface area contributed by atoms with Crippen molar-refractivity contribution in [3.8, 4) is 5.75 Å². The highest BCUT2D eigenvalue weighted by Gasteiger charge is 2.27. The first-order valence-electron chi connectivity index (χ1n) is 8.11. The molecule has 0 atom stereocenters. The molecular weight excluding hydrogens is 340 g/mol. The predicted molar refractivity (Wildman–Crippen MR) is 94.8 cm³/mol. The van der Waals surface area contributed by atoms with Crippen LogP contribution >= 0.6 is 11.3 Å². The molecule has 1 aromatic heterocycles. The third-order valence-electron chi connectivity index (χ3n) is 4.12. The minimum Gasteiger partial charge on any atom is -0.507 e. The number of phenols is 1. The van der Waals surface area contributed by atoms with E-state index in [-0.39, 0.29) is 23.1 Å². The van der Waals surface area contributed by atoms with Gasteiger partial charge in [-0.2, -0.15) is 0 Å². The van der Waals surface area contributed by atoms with Crippen molar-refractivity contribution >= 4 is 23.2 Å². The number of nitrogens with two attached hydrogens (primary N) is 1. The molecule has 7 nitrogen and oxygen atoms in total. The van der Waals surface area contributed by atoms with Gasteiger partial charge in [0.25, 0.3) is 11.8 Å². The summed E-state index contributed by atoms with van der Waals surface area (Å²) in [5.74, 6) is -0.362. The second kappa shape index (κ2) is 7.62. The van der Waals surface area contributed by atoms with Crippen LogP contribution in [0.3, 0.4) is 0 Å². The standard InChI is InChI=1S/C17H20N4O3S/c18-6-5-15-19-13(11-25-15)17(24)21-9-7-20(8-10-21)16(23)12-3-1-2-4-14(12)22/h1-4,11,22H,5-10,18H2. The Labute approximate surface area is 149 Å². The third-order valence-corrected chi connectivity index (χ3v) is 5.03.